The first-order valence-electron chi connectivity index (χ1n) is 5.42. The van der Waals surface area contributed by atoms with Gasteiger partial charge >= 0.3 is 0 Å². The molecule has 0 atom stereocenters. The SMILES string of the molecule is CS(=O)(=O)c1cccc(-c2cc(F)ccc2C#N)c1. The van der Waals surface area contributed by atoms with Crippen molar-refractivity contribution in [3.05, 3.63) is 53.8 Å². The highest BCUT2D eigenvalue weighted by Gasteiger charge is 2.11. The third-order valence-corrected chi connectivity index (χ3v) is 3.79. The van der Waals surface area contributed by atoms with Gasteiger partial charge in [-0.15, -0.1) is 0 Å². The molecule has 2 aromatic carbocycles. The minimum Gasteiger partial charge on any atom is -0.224 e. The molecule has 0 aliphatic carbocycles. The number of halogens is 1. The summed E-state index contributed by atoms with van der Waals surface area (Å²) in [4.78, 5) is 0.137. The maximum atomic E-state index is 13.3. The minimum absolute atomic E-state index is 0.137. The zero-order valence-electron chi connectivity index (χ0n) is 10.1. The van der Waals surface area contributed by atoms with Crippen LogP contribution in [0.3, 0.4) is 0 Å². The second-order valence-electron chi connectivity index (χ2n) is 4.10. The molecule has 0 bridgehead atoms. The maximum absolute atomic E-state index is 13.3. The Bertz CT molecular complexity index is 776. The fourth-order valence-electron chi connectivity index (χ4n) is 1.75. The number of nitriles is 1. The molecule has 2 aromatic rings. The molecule has 0 amide bonds. The van der Waals surface area contributed by atoms with Crippen molar-refractivity contribution >= 4 is 9.84 Å². The smallest absolute Gasteiger partial charge is 0.175 e. The summed E-state index contributed by atoms with van der Waals surface area (Å²) < 4.78 is 36.3. The third-order valence-electron chi connectivity index (χ3n) is 2.68. The van der Waals surface area contributed by atoms with Crippen LogP contribution in [0.5, 0.6) is 0 Å². The lowest BCUT2D eigenvalue weighted by molar-refractivity contribution is 0.602. The van der Waals surface area contributed by atoms with Gasteiger partial charge in [0.2, 0.25) is 0 Å². The molecule has 0 saturated heterocycles. The summed E-state index contributed by atoms with van der Waals surface area (Å²) >= 11 is 0. The lowest BCUT2D eigenvalue weighted by Gasteiger charge is -2.06. The Morgan fingerprint density at radius 2 is 1.89 bits per heavy atom. The van der Waals surface area contributed by atoms with Crippen molar-refractivity contribution in [1.82, 2.24) is 0 Å². The molecule has 2 rings (SSSR count). The average Bonchev–Trinajstić information content (AvgIpc) is 2.38. The van der Waals surface area contributed by atoms with Crippen molar-refractivity contribution in [1.29, 1.82) is 5.26 Å². The van der Waals surface area contributed by atoms with Crippen molar-refractivity contribution in [3.8, 4) is 17.2 Å². The van der Waals surface area contributed by atoms with E-state index in [9.17, 15) is 12.8 Å². The van der Waals surface area contributed by atoms with Gasteiger partial charge in [-0.3, -0.25) is 0 Å². The Morgan fingerprint density at radius 1 is 1.16 bits per heavy atom. The second kappa shape index (κ2) is 4.82. The van der Waals surface area contributed by atoms with Crippen LogP contribution in [0.4, 0.5) is 4.39 Å². The lowest BCUT2D eigenvalue weighted by Crippen LogP contribution is -1.97. The molecule has 0 radical (unpaired) electrons. The van der Waals surface area contributed by atoms with Gasteiger partial charge in [-0.2, -0.15) is 5.26 Å². The topological polar surface area (TPSA) is 57.9 Å². The highest BCUT2D eigenvalue weighted by Crippen LogP contribution is 2.26. The number of benzene rings is 2. The van der Waals surface area contributed by atoms with Crippen molar-refractivity contribution < 1.29 is 12.8 Å². The van der Waals surface area contributed by atoms with E-state index in [1.807, 2.05) is 6.07 Å². The first-order valence-corrected chi connectivity index (χ1v) is 7.31. The minimum atomic E-state index is -3.34. The highest BCUT2D eigenvalue weighted by atomic mass is 32.2. The van der Waals surface area contributed by atoms with Gasteiger partial charge in [-0.1, -0.05) is 12.1 Å². The summed E-state index contributed by atoms with van der Waals surface area (Å²) in [5.74, 6) is -0.473. The van der Waals surface area contributed by atoms with Crippen LogP contribution in [0, 0.1) is 17.1 Å². The molecule has 5 heteroatoms. The van der Waals surface area contributed by atoms with E-state index < -0.39 is 15.7 Å². The Kier molecular flexibility index (Phi) is 3.36. The van der Waals surface area contributed by atoms with Gasteiger partial charge < -0.3 is 0 Å². The quantitative estimate of drug-likeness (QED) is 0.846. The lowest BCUT2D eigenvalue weighted by atomic mass is 10.0. The fourth-order valence-corrected chi connectivity index (χ4v) is 2.41. The fraction of sp³-hybridized carbons (Fsp3) is 0.0714. The summed E-state index contributed by atoms with van der Waals surface area (Å²) in [5, 5.41) is 9.01. The summed E-state index contributed by atoms with van der Waals surface area (Å²) in [6.45, 7) is 0. The van der Waals surface area contributed by atoms with Crippen molar-refractivity contribution in [2.24, 2.45) is 0 Å². The summed E-state index contributed by atoms with van der Waals surface area (Å²) in [7, 11) is -3.34. The van der Waals surface area contributed by atoms with Gasteiger partial charge in [-0.05, 0) is 35.9 Å². The maximum Gasteiger partial charge on any atom is 0.175 e. The molecule has 0 fully saturated rings. The first-order chi connectivity index (χ1) is 8.91. The Labute approximate surface area is 110 Å². The van der Waals surface area contributed by atoms with Crippen molar-refractivity contribution in [2.45, 2.75) is 4.90 Å². The zero-order chi connectivity index (χ0) is 14.0. The van der Waals surface area contributed by atoms with Crippen molar-refractivity contribution in [3.63, 3.8) is 0 Å². The van der Waals surface area contributed by atoms with E-state index in [4.69, 9.17) is 5.26 Å². The second-order valence-corrected chi connectivity index (χ2v) is 6.12. The first kappa shape index (κ1) is 13.2. The summed E-state index contributed by atoms with van der Waals surface area (Å²) in [6.07, 6.45) is 1.10. The Balaban J connectivity index is 2.67. The van der Waals surface area contributed by atoms with Gasteiger partial charge in [0.25, 0.3) is 0 Å². The molecule has 3 nitrogen and oxygen atoms in total. The highest BCUT2D eigenvalue weighted by molar-refractivity contribution is 7.90. The van der Waals surface area contributed by atoms with Crippen LogP contribution in [0.25, 0.3) is 11.1 Å². The van der Waals surface area contributed by atoms with E-state index in [0.29, 0.717) is 16.7 Å². The molecule has 0 unspecified atom stereocenters. The number of hydrogen-bond donors (Lipinski definition) is 0. The molecule has 0 spiro atoms. The van der Waals surface area contributed by atoms with E-state index in [2.05, 4.69) is 0 Å². The van der Waals surface area contributed by atoms with Crippen LogP contribution < -0.4 is 0 Å². The van der Waals surface area contributed by atoms with Gasteiger partial charge in [0.1, 0.15) is 5.82 Å². The Morgan fingerprint density at radius 3 is 2.53 bits per heavy atom. The molecule has 0 heterocycles. The van der Waals surface area contributed by atoms with E-state index in [0.717, 1.165) is 6.26 Å². The number of sulfone groups is 1. The van der Waals surface area contributed by atoms with Crippen LogP contribution in [-0.4, -0.2) is 14.7 Å². The molecule has 96 valence electrons. The van der Waals surface area contributed by atoms with E-state index >= 15 is 0 Å². The third kappa shape index (κ3) is 2.80. The van der Waals surface area contributed by atoms with Crippen LogP contribution >= 0.6 is 0 Å². The monoisotopic (exact) mass is 275 g/mol. The normalized spacial score (nSPS) is 11.0. The summed E-state index contributed by atoms with van der Waals surface area (Å²) in [5.41, 5.74) is 1.18. The molecule has 0 aliphatic rings. The van der Waals surface area contributed by atoms with Crippen molar-refractivity contribution in [2.75, 3.05) is 6.26 Å². The number of nitrogens with zero attached hydrogens (tertiary/aromatic N) is 1. The molecule has 0 aromatic heterocycles. The average molecular weight is 275 g/mol. The van der Waals surface area contributed by atoms with Crippen LogP contribution in [0.15, 0.2) is 47.4 Å². The molecular formula is C14H10FNO2S. The van der Waals surface area contributed by atoms with Crippen LogP contribution in [-0.2, 0) is 9.84 Å². The largest absolute Gasteiger partial charge is 0.224 e. The number of hydrogen-bond acceptors (Lipinski definition) is 3. The molecule has 0 aliphatic heterocycles. The van der Waals surface area contributed by atoms with Gasteiger partial charge in [0.05, 0.1) is 16.5 Å². The molecular weight excluding hydrogens is 265 g/mol. The molecule has 0 saturated carbocycles. The van der Waals surface area contributed by atoms with Crippen LogP contribution in [0.1, 0.15) is 5.56 Å². The van der Waals surface area contributed by atoms with E-state index in [-0.39, 0.29) is 4.90 Å². The predicted molar refractivity (Wildman–Crippen MR) is 69.7 cm³/mol. The Hall–Kier alpha value is -2.19. The number of rotatable bonds is 2. The molecule has 19 heavy (non-hydrogen) atoms. The van der Waals surface area contributed by atoms with Gasteiger partial charge in [0, 0.05) is 11.8 Å². The van der Waals surface area contributed by atoms with E-state index in [1.54, 1.807) is 12.1 Å². The van der Waals surface area contributed by atoms with E-state index in [1.165, 1.54) is 30.3 Å². The van der Waals surface area contributed by atoms with Gasteiger partial charge in [-0.25, -0.2) is 12.8 Å². The van der Waals surface area contributed by atoms with Crippen LogP contribution in [0.2, 0.25) is 0 Å². The predicted octanol–water partition coefficient (Wildman–Crippen LogP) is 2.77. The summed E-state index contributed by atoms with van der Waals surface area (Å²) in [6, 6.07) is 11.9. The zero-order valence-corrected chi connectivity index (χ0v) is 10.9. The standard InChI is InChI=1S/C14H10FNO2S/c1-19(17,18)13-4-2-3-10(7-13)14-8-12(15)6-5-11(14)9-16/h2-8H,1H3. The van der Waals surface area contributed by atoms with Gasteiger partial charge in [0.15, 0.2) is 9.84 Å². The molecule has 0 N–H and O–H groups in total.